The number of nitrogen functional groups attached to an aromatic ring is 1. The first kappa shape index (κ1) is 15.0. The van der Waals surface area contributed by atoms with Crippen molar-refractivity contribution in [2.24, 2.45) is 5.84 Å². The van der Waals surface area contributed by atoms with E-state index in [1.54, 1.807) is 18.2 Å². The lowest BCUT2D eigenvalue weighted by molar-refractivity contribution is 0.457. The third-order valence-corrected chi connectivity index (χ3v) is 3.30. The van der Waals surface area contributed by atoms with E-state index in [-0.39, 0.29) is 5.92 Å². The van der Waals surface area contributed by atoms with Gasteiger partial charge in [0.15, 0.2) is 0 Å². The fraction of sp³-hybridized carbons (Fsp3) is 0.231. The summed E-state index contributed by atoms with van der Waals surface area (Å²) in [6, 6.07) is 6.97. The Balaban J connectivity index is 2.37. The first-order valence-electron chi connectivity index (χ1n) is 5.98. The number of rotatable bonds is 4. The van der Waals surface area contributed by atoms with E-state index in [1.807, 2.05) is 19.9 Å². The number of nitrogens with one attached hydrogen (secondary N) is 1. The Hall–Kier alpha value is -1.37. The Labute approximate surface area is 130 Å². The van der Waals surface area contributed by atoms with Crippen LogP contribution in [0.15, 0.2) is 28.7 Å². The first-order valence-corrected chi connectivity index (χ1v) is 7.15. The van der Waals surface area contributed by atoms with E-state index in [9.17, 15) is 0 Å². The van der Waals surface area contributed by atoms with Gasteiger partial charge in [-0.1, -0.05) is 41.4 Å². The molecule has 0 amide bonds. The van der Waals surface area contributed by atoms with Crippen LogP contribution >= 0.6 is 27.5 Å². The van der Waals surface area contributed by atoms with E-state index < -0.39 is 0 Å². The molecular weight excluding hydrogens is 344 g/mol. The highest BCUT2D eigenvalue weighted by Crippen LogP contribution is 2.32. The molecule has 2 aromatic rings. The molecule has 2 rings (SSSR count). The maximum Gasteiger partial charge on any atom is 0.224 e. The van der Waals surface area contributed by atoms with Crippen molar-refractivity contribution in [1.29, 1.82) is 0 Å². The summed E-state index contributed by atoms with van der Waals surface area (Å²) in [6.07, 6.45) is 0. The second kappa shape index (κ2) is 6.39. The Morgan fingerprint density at radius 3 is 2.70 bits per heavy atom. The molecule has 20 heavy (non-hydrogen) atoms. The van der Waals surface area contributed by atoms with Crippen LogP contribution in [-0.2, 0) is 0 Å². The molecule has 0 aliphatic carbocycles. The highest BCUT2D eigenvalue weighted by molar-refractivity contribution is 9.10. The zero-order valence-corrected chi connectivity index (χ0v) is 13.4. The van der Waals surface area contributed by atoms with Gasteiger partial charge in [0.1, 0.15) is 17.4 Å². The summed E-state index contributed by atoms with van der Waals surface area (Å²) in [6.45, 7) is 3.98. The number of ether oxygens (including phenoxy) is 1. The SMILES string of the molecule is CC(C)c1nc(NN)cc(Oc2cc(Br)ccc2Cl)n1. The number of hydrazine groups is 1. The van der Waals surface area contributed by atoms with Gasteiger partial charge >= 0.3 is 0 Å². The van der Waals surface area contributed by atoms with Gasteiger partial charge in [0.05, 0.1) is 5.02 Å². The topological polar surface area (TPSA) is 73.1 Å². The lowest BCUT2D eigenvalue weighted by Crippen LogP contribution is -2.11. The van der Waals surface area contributed by atoms with Crippen molar-refractivity contribution in [3.8, 4) is 11.6 Å². The van der Waals surface area contributed by atoms with Gasteiger partial charge in [0.2, 0.25) is 5.88 Å². The lowest BCUT2D eigenvalue weighted by atomic mass is 10.2. The van der Waals surface area contributed by atoms with Gasteiger partial charge < -0.3 is 10.2 Å². The van der Waals surface area contributed by atoms with Gasteiger partial charge in [-0.15, -0.1) is 0 Å². The van der Waals surface area contributed by atoms with Crippen molar-refractivity contribution in [3.63, 3.8) is 0 Å². The van der Waals surface area contributed by atoms with E-state index in [4.69, 9.17) is 22.2 Å². The third-order valence-electron chi connectivity index (χ3n) is 2.49. The predicted octanol–water partition coefficient (Wildman–Crippen LogP) is 4.09. The molecular formula is C13H14BrClN4O. The molecule has 0 radical (unpaired) electrons. The molecule has 0 saturated carbocycles. The van der Waals surface area contributed by atoms with E-state index in [0.29, 0.717) is 28.3 Å². The van der Waals surface area contributed by atoms with Crippen LogP contribution in [0.1, 0.15) is 25.6 Å². The molecule has 1 heterocycles. The van der Waals surface area contributed by atoms with E-state index in [1.165, 1.54) is 0 Å². The largest absolute Gasteiger partial charge is 0.437 e. The summed E-state index contributed by atoms with van der Waals surface area (Å²) in [5.41, 5.74) is 2.50. The van der Waals surface area contributed by atoms with Crippen molar-refractivity contribution < 1.29 is 4.74 Å². The minimum atomic E-state index is 0.156. The molecule has 0 aliphatic rings. The standard InChI is InChI=1S/C13H14BrClN4O/c1-7(2)13-17-11(19-16)6-12(18-13)20-10-5-8(14)3-4-9(10)15/h3-7H,16H2,1-2H3,(H,17,18,19). The van der Waals surface area contributed by atoms with E-state index >= 15 is 0 Å². The molecule has 0 saturated heterocycles. The second-order valence-corrected chi connectivity index (χ2v) is 5.75. The molecule has 0 atom stereocenters. The normalized spacial score (nSPS) is 10.7. The van der Waals surface area contributed by atoms with Gasteiger partial charge in [-0.3, -0.25) is 0 Å². The number of hydrogen-bond acceptors (Lipinski definition) is 5. The number of anilines is 1. The monoisotopic (exact) mass is 356 g/mol. The number of hydrogen-bond donors (Lipinski definition) is 2. The van der Waals surface area contributed by atoms with Crippen LogP contribution in [0.5, 0.6) is 11.6 Å². The predicted molar refractivity (Wildman–Crippen MR) is 83.2 cm³/mol. The van der Waals surface area contributed by atoms with Gasteiger partial charge in [0.25, 0.3) is 0 Å². The van der Waals surface area contributed by atoms with Crippen LogP contribution in [0.25, 0.3) is 0 Å². The third kappa shape index (κ3) is 3.59. The molecule has 106 valence electrons. The van der Waals surface area contributed by atoms with Crippen LogP contribution in [0.2, 0.25) is 5.02 Å². The van der Waals surface area contributed by atoms with Crippen molar-refractivity contribution in [2.45, 2.75) is 19.8 Å². The molecule has 1 aromatic heterocycles. The number of nitrogens with zero attached hydrogens (tertiary/aromatic N) is 2. The molecule has 1 aromatic carbocycles. The first-order chi connectivity index (χ1) is 9.49. The van der Waals surface area contributed by atoms with Crippen LogP contribution in [-0.4, -0.2) is 9.97 Å². The van der Waals surface area contributed by atoms with Crippen molar-refractivity contribution in [1.82, 2.24) is 9.97 Å². The summed E-state index contributed by atoms with van der Waals surface area (Å²) in [5.74, 6) is 7.59. The fourth-order valence-corrected chi connectivity index (χ4v) is 1.99. The zero-order chi connectivity index (χ0) is 14.7. The lowest BCUT2D eigenvalue weighted by Gasteiger charge is -2.11. The summed E-state index contributed by atoms with van der Waals surface area (Å²) in [7, 11) is 0. The summed E-state index contributed by atoms with van der Waals surface area (Å²) < 4.78 is 6.58. The van der Waals surface area contributed by atoms with Gasteiger partial charge in [-0.05, 0) is 18.2 Å². The Bertz CT molecular complexity index is 621. The van der Waals surface area contributed by atoms with Gasteiger partial charge in [-0.25, -0.2) is 10.8 Å². The van der Waals surface area contributed by atoms with Gasteiger partial charge in [-0.2, -0.15) is 4.98 Å². The molecule has 0 aliphatic heterocycles. The molecule has 0 fully saturated rings. The molecule has 3 N–H and O–H groups in total. The molecule has 0 spiro atoms. The van der Waals surface area contributed by atoms with Crippen LogP contribution in [0, 0.1) is 0 Å². The fourth-order valence-electron chi connectivity index (χ4n) is 1.50. The van der Waals surface area contributed by atoms with E-state index in [0.717, 1.165) is 4.47 Å². The van der Waals surface area contributed by atoms with Crippen molar-refractivity contribution in [3.05, 3.63) is 39.6 Å². The number of nitrogens with two attached hydrogens (primary N) is 1. The minimum absolute atomic E-state index is 0.156. The average Bonchev–Trinajstić information content (AvgIpc) is 2.42. The maximum atomic E-state index is 6.09. The highest BCUT2D eigenvalue weighted by Gasteiger charge is 2.11. The Morgan fingerprint density at radius 2 is 2.05 bits per heavy atom. The zero-order valence-electron chi connectivity index (χ0n) is 11.0. The Kier molecular flexibility index (Phi) is 4.80. The number of aromatic nitrogens is 2. The van der Waals surface area contributed by atoms with Crippen LogP contribution < -0.4 is 16.0 Å². The molecule has 5 nitrogen and oxygen atoms in total. The summed E-state index contributed by atoms with van der Waals surface area (Å²) >= 11 is 9.46. The van der Waals surface area contributed by atoms with Crippen molar-refractivity contribution >= 4 is 33.3 Å². The van der Waals surface area contributed by atoms with Crippen LogP contribution in [0.4, 0.5) is 5.82 Å². The summed E-state index contributed by atoms with van der Waals surface area (Å²) in [5, 5.41) is 0.500. The molecule has 7 heteroatoms. The summed E-state index contributed by atoms with van der Waals surface area (Å²) in [4.78, 5) is 8.61. The Morgan fingerprint density at radius 1 is 1.30 bits per heavy atom. The molecule has 0 unspecified atom stereocenters. The molecule has 0 bridgehead atoms. The van der Waals surface area contributed by atoms with Crippen molar-refractivity contribution in [2.75, 3.05) is 5.43 Å². The average molecular weight is 358 g/mol. The van der Waals surface area contributed by atoms with Gasteiger partial charge in [0, 0.05) is 16.5 Å². The number of halogens is 2. The number of benzene rings is 1. The quantitative estimate of drug-likeness (QED) is 0.637. The van der Waals surface area contributed by atoms with Crippen LogP contribution in [0.3, 0.4) is 0 Å². The second-order valence-electron chi connectivity index (χ2n) is 4.43. The highest BCUT2D eigenvalue weighted by atomic mass is 79.9. The minimum Gasteiger partial charge on any atom is -0.437 e. The maximum absolute atomic E-state index is 6.09. The van der Waals surface area contributed by atoms with E-state index in [2.05, 4.69) is 31.3 Å². The smallest absolute Gasteiger partial charge is 0.224 e.